The van der Waals surface area contributed by atoms with E-state index in [0.717, 1.165) is 27.8 Å². The molecule has 0 bridgehead atoms. The summed E-state index contributed by atoms with van der Waals surface area (Å²) in [6.07, 6.45) is 5.02. The predicted octanol–water partition coefficient (Wildman–Crippen LogP) is 3.04. The molecular weight excluding hydrogens is 366 g/mol. The van der Waals surface area contributed by atoms with Gasteiger partial charge in [-0.2, -0.15) is 0 Å². The summed E-state index contributed by atoms with van der Waals surface area (Å²) in [5, 5.41) is 4.09. The first-order chi connectivity index (χ1) is 14.1. The van der Waals surface area contributed by atoms with E-state index in [2.05, 4.69) is 20.3 Å². The SMILES string of the molecule is Cc1ccncc1CNc1cc(=O)n(OCc2ccccc2)c2ncnc(C)c12. The lowest BCUT2D eigenvalue weighted by atomic mass is 10.1. The molecule has 0 amide bonds. The van der Waals surface area contributed by atoms with Crippen LogP contribution in [0.1, 0.15) is 22.4 Å². The van der Waals surface area contributed by atoms with Crippen LogP contribution in [0.2, 0.25) is 0 Å². The van der Waals surface area contributed by atoms with E-state index in [1.807, 2.05) is 56.4 Å². The first-order valence-electron chi connectivity index (χ1n) is 9.31. The molecule has 146 valence electrons. The van der Waals surface area contributed by atoms with Gasteiger partial charge in [0.2, 0.25) is 0 Å². The average molecular weight is 387 g/mol. The average Bonchev–Trinajstić information content (AvgIpc) is 2.73. The van der Waals surface area contributed by atoms with E-state index in [4.69, 9.17) is 4.84 Å². The van der Waals surface area contributed by atoms with E-state index in [1.54, 1.807) is 6.20 Å². The molecule has 4 aromatic rings. The number of hydrogen-bond donors (Lipinski definition) is 1. The Labute approximate surface area is 168 Å². The van der Waals surface area contributed by atoms with Crippen LogP contribution in [0.4, 0.5) is 5.69 Å². The molecule has 29 heavy (non-hydrogen) atoms. The number of aromatic nitrogens is 4. The lowest BCUT2D eigenvalue weighted by Crippen LogP contribution is -2.28. The second kappa shape index (κ2) is 8.10. The van der Waals surface area contributed by atoms with Gasteiger partial charge in [-0.25, -0.2) is 9.97 Å². The molecule has 1 N–H and O–H groups in total. The standard InChI is InChI=1S/C22H21N5O2/c1-15-8-9-23-11-18(15)12-24-19-10-20(28)27(22-21(19)16(2)25-14-26-22)29-13-17-6-4-3-5-7-17/h3-11,14,24H,12-13H2,1-2H3. The van der Waals surface area contributed by atoms with Gasteiger partial charge >= 0.3 is 0 Å². The second-order valence-electron chi connectivity index (χ2n) is 6.76. The van der Waals surface area contributed by atoms with Crippen LogP contribution in [-0.2, 0) is 13.2 Å². The molecule has 7 heteroatoms. The van der Waals surface area contributed by atoms with E-state index in [9.17, 15) is 4.79 Å². The molecule has 0 aliphatic carbocycles. The minimum absolute atomic E-state index is 0.264. The minimum atomic E-state index is -0.295. The highest BCUT2D eigenvalue weighted by molar-refractivity contribution is 5.90. The Morgan fingerprint density at radius 1 is 1.10 bits per heavy atom. The van der Waals surface area contributed by atoms with Gasteiger partial charge in [0.25, 0.3) is 5.56 Å². The van der Waals surface area contributed by atoms with E-state index in [-0.39, 0.29) is 12.2 Å². The van der Waals surface area contributed by atoms with Crippen molar-refractivity contribution in [3.05, 3.63) is 93.9 Å². The summed E-state index contributed by atoms with van der Waals surface area (Å²) < 4.78 is 1.23. The van der Waals surface area contributed by atoms with Gasteiger partial charge < -0.3 is 10.2 Å². The van der Waals surface area contributed by atoms with Crippen LogP contribution >= 0.6 is 0 Å². The van der Waals surface area contributed by atoms with Gasteiger partial charge in [-0.05, 0) is 36.6 Å². The molecule has 0 radical (unpaired) electrons. The fourth-order valence-electron chi connectivity index (χ4n) is 3.14. The zero-order chi connectivity index (χ0) is 20.2. The Morgan fingerprint density at radius 2 is 1.93 bits per heavy atom. The third kappa shape index (κ3) is 3.94. The largest absolute Gasteiger partial charge is 0.404 e. The molecule has 3 aromatic heterocycles. The van der Waals surface area contributed by atoms with Crippen molar-refractivity contribution < 1.29 is 4.84 Å². The predicted molar refractivity (Wildman–Crippen MR) is 112 cm³/mol. The first-order valence-corrected chi connectivity index (χ1v) is 9.31. The third-order valence-corrected chi connectivity index (χ3v) is 4.77. The molecule has 0 unspecified atom stereocenters. The fourth-order valence-corrected chi connectivity index (χ4v) is 3.14. The van der Waals surface area contributed by atoms with E-state index < -0.39 is 0 Å². The molecule has 0 fully saturated rings. The molecule has 1 aromatic carbocycles. The molecule has 0 saturated heterocycles. The van der Waals surface area contributed by atoms with Crippen LogP contribution in [0.3, 0.4) is 0 Å². The van der Waals surface area contributed by atoms with Crippen molar-refractivity contribution in [3.63, 3.8) is 0 Å². The van der Waals surface area contributed by atoms with E-state index >= 15 is 0 Å². The normalized spacial score (nSPS) is 10.8. The van der Waals surface area contributed by atoms with Crippen molar-refractivity contribution in [2.24, 2.45) is 0 Å². The molecule has 3 heterocycles. The van der Waals surface area contributed by atoms with Crippen molar-refractivity contribution in [1.82, 2.24) is 19.7 Å². The van der Waals surface area contributed by atoms with Gasteiger partial charge in [-0.3, -0.25) is 9.78 Å². The second-order valence-corrected chi connectivity index (χ2v) is 6.76. The summed E-state index contributed by atoms with van der Waals surface area (Å²) in [5.41, 5.74) is 4.73. The lowest BCUT2D eigenvalue weighted by Gasteiger charge is -2.16. The molecule has 4 rings (SSSR count). The number of aryl methyl sites for hydroxylation is 2. The molecule has 0 atom stereocenters. The zero-order valence-corrected chi connectivity index (χ0v) is 16.3. The Hall–Kier alpha value is -3.74. The topological polar surface area (TPSA) is 81.9 Å². The molecule has 7 nitrogen and oxygen atoms in total. The summed E-state index contributed by atoms with van der Waals surface area (Å²) in [6.45, 7) is 4.72. The number of fused-ring (bicyclic) bond motifs is 1. The van der Waals surface area contributed by atoms with Crippen molar-refractivity contribution >= 4 is 16.7 Å². The Balaban J connectivity index is 1.69. The molecule has 0 aliphatic heterocycles. The summed E-state index contributed by atoms with van der Waals surface area (Å²) >= 11 is 0. The Bertz CT molecular complexity index is 1200. The smallest absolute Gasteiger partial charge is 0.287 e. The first kappa shape index (κ1) is 18.6. The number of nitrogens with zero attached hydrogens (tertiary/aromatic N) is 4. The highest BCUT2D eigenvalue weighted by atomic mass is 16.7. The monoisotopic (exact) mass is 387 g/mol. The van der Waals surface area contributed by atoms with Gasteiger partial charge in [0.05, 0.1) is 16.8 Å². The van der Waals surface area contributed by atoms with Crippen LogP contribution in [0.15, 0.2) is 66.0 Å². The van der Waals surface area contributed by atoms with Crippen LogP contribution in [0, 0.1) is 13.8 Å². The van der Waals surface area contributed by atoms with Gasteiger partial charge in [-0.15, -0.1) is 4.73 Å². The molecular formula is C22H21N5O2. The van der Waals surface area contributed by atoms with Crippen LogP contribution in [0.5, 0.6) is 0 Å². The van der Waals surface area contributed by atoms with E-state index in [0.29, 0.717) is 17.9 Å². The van der Waals surface area contributed by atoms with Crippen molar-refractivity contribution in [2.45, 2.75) is 27.0 Å². The number of rotatable bonds is 6. The quantitative estimate of drug-likeness (QED) is 0.548. The molecule has 0 spiro atoms. The number of nitrogens with one attached hydrogen (secondary N) is 1. The van der Waals surface area contributed by atoms with Crippen molar-refractivity contribution in [1.29, 1.82) is 0 Å². The summed E-state index contributed by atoms with van der Waals surface area (Å²) in [6, 6.07) is 13.2. The summed E-state index contributed by atoms with van der Waals surface area (Å²) in [5.74, 6) is 0. The fraction of sp³-hybridized carbons (Fsp3) is 0.182. The number of anilines is 1. The molecule has 0 saturated carbocycles. The van der Waals surface area contributed by atoms with Crippen LogP contribution in [-0.4, -0.2) is 19.7 Å². The summed E-state index contributed by atoms with van der Waals surface area (Å²) in [7, 11) is 0. The van der Waals surface area contributed by atoms with Crippen LogP contribution < -0.4 is 15.7 Å². The Morgan fingerprint density at radius 3 is 2.72 bits per heavy atom. The molecule has 0 aliphatic rings. The maximum absolute atomic E-state index is 12.8. The van der Waals surface area contributed by atoms with Crippen molar-refractivity contribution in [2.75, 3.05) is 5.32 Å². The Kier molecular flexibility index (Phi) is 5.20. The van der Waals surface area contributed by atoms with Gasteiger partial charge in [0, 0.05) is 25.0 Å². The number of benzene rings is 1. The van der Waals surface area contributed by atoms with Crippen LogP contribution in [0.25, 0.3) is 11.0 Å². The van der Waals surface area contributed by atoms with E-state index in [1.165, 1.54) is 17.1 Å². The maximum Gasteiger partial charge on any atom is 0.287 e. The van der Waals surface area contributed by atoms with Crippen molar-refractivity contribution in [3.8, 4) is 0 Å². The van der Waals surface area contributed by atoms with Gasteiger partial charge in [0.15, 0.2) is 5.65 Å². The number of pyridine rings is 2. The highest BCUT2D eigenvalue weighted by Gasteiger charge is 2.14. The van der Waals surface area contributed by atoms with Gasteiger partial charge in [0.1, 0.15) is 12.9 Å². The minimum Gasteiger partial charge on any atom is -0.404 e. The highest BCUT2D eigenvalue weighted by Crippen LogP contribution is 2.23. The summed E-state index contributed by atoms with van der Waals surface area (Å²) in [4.78, 5) is 31.4. The lowest BCUT2D eigenvalue weighted by molar-refractivity contribution is 0.0979. The van der Waals surface area contributed by atoms with Gasteiger partial charge in [-0.1, -0.05) is 30.3 Å². The third-order valence-electron chi connectivity index (χ3n) is 4.77. The number of hydrogen-bond acceptors (Lipinski definition) is 6. The maximum atomic E-state index is 12.8. The zero-order valence-electron chi connectivity index (χ0n) is 16.3.